The lowest BCUT2D eigenvalue weighted by Gasteiger charge is -2.06. The first-order valence-corrected chi connectivity index (χ1v) is 6.34. The number of nitrogens with zero attached hydrogens (tertiary/aromatic N) is 1. The lowest BCUT2D eigenvalue weighted by Crippen LogP contribution is -2.08. The average molecular weight is 297 g/mol. The Labute approximate surface area is 120 Å². The molecule has 0 radical (unpaired) electrons. The van der Waals surface area contributed by atoms with Gasteiger partial charge in [0.05, 0.1) is 12.2 Å². The van der Waals surface area contributed by atoms with E-state index in [9.17, 15) is 18.0 Å². The summed E-state index contributed by atoms with van der Waals surface area (Å²) in [4.78, 5) is 11.6. The normalized spacial score (nSPS) is 11.9. The van der Waals surface area contributed by atoms with Crippen LogP contribution in [0.25, 0.3) is 6.08 Å². The Balaban J connectivity index is 2.84. The highest BCUT2D eigenvalue weighted by atomic mass is 19.4. The largest absolute Gasteiger partial charge is 0.462 e. The fourth-order valence-electron chi connectivity index (χ4n) is 1.46. The van der Waals surface area contributed by atoms with E-state index in [4.69, 9.17) is 10.00 Å². The molecule has 0 saturated heterocycles. The molecule has 0 bridgehead atoms. The first-order chi connectivity index (χ1) is 9.88. The molecule has 1 aromatic carbocycles. The van der Waals surface area contributed by atoms with Gasteiger partial charge in [0.25, 0.3) is 0 Å². The van der Waals surface area contributed by atoms with Crippen LogP contribution in [0.3, 0.4) is 0 Å². The molecule has 0 N–H and O–H groups in total. The van der Waals surface area contributed by atoms with Crippen molar-refractivity contribution in [3.63, 3.8) is 0 Å². The predicted molar refractivity (Wildman–Crippen MR) is 70.9 cm³/mol. The van der Waals surface area contributed by atoms with Gasteiger partial charge in [-0.25, -0.2) is 4.79 Å². The van der Waals surface area contributed by atoms with Crippen LogP contribution in [0.15, 0.2) is 29.8 Å². The second kappa shape index (κ2) is 7.48. The van der Waals surface area contributed by atoms with E-state index in [0.717, 1.165) is 18.6 Å². The van der Waals surface area contributed by atoms with Crippen molar-refractivity contribution in [1.29, 1.82) is 5.26 Å². The predicted octanol–water partition coefficient (Wildman–Crippen LogP) is 3.96. The zero-order chi connectivity index (χ0) is 15.9. The molecular formula is C15H14F3NO2. The van der Waals surface area contributed by atoms with Gasteiger partial charge in [-0.2, -0.15) is 18.4 Å². The number of halogens is 3. The third-order valence-corrected chi connectivity index (χ3v) is 2.62. The number of nitriles is 1. The summed E-state index contributed by atoms with van der Waals surface area (Å²) < 4.78 is 42.1. The van der Waals surface area contributed by atoms with Gasteiger partial charge in [0, 0.05) is 0 Å². The molecule has 21 heavy (non-hydrogen) atoms. The van der Waals surface area contributed by atoms with E-state index in [2.05, 4.69) is 0 Å². The number of ether oxygens (including phenoxy) is 1. The van der Waals surface area contributed by atoms with Crippen LogP contribution in [0, 0.1) is 11.3 Å². The number of rotatable bonds is 5. The third-order valence-electron chi connectivity index (χ3n) is 2.62. The van der Waals surface area contributed by atoms with Gasteiger partial charge in [0.15, 0.2) is 0 Å². The summed E-state index contributed by atoms with van der Waals surface area (Å²) in [7, 11) is 0. The van der Waals surface area contributed by atoms with Gasteiger partial charge in [-0.3, -0.25) is 0 Å². The minimum absolute atomic E-state index is 0.210. The standard InChI is InChI=1S/C15H14F3NO2/c1-2-3-8-21-14(20)12(10-19)9-11-4-6-13(7-5-11)15(16,17)18/h4-7,9H,2-3,8H2,1H3/b12-9-. The molecule has 112 valence electrons. The van der Waals surface area contributed by atoms with Crippen LogP contribution in [-0.4, -0.2) is 12.6 Å². The van der Waals surface area contributed by atoms with Gasteiger partial charge in [0.2, 0.25) is 0 Å². The van der Waals surface area contributed by atoms with Crippen molar-refractivity contribution in [2.45, 2.75) is 25.9 Å². The van der Waals surface area contributed by atoms with Gasteiger partial charge in [-0.15, -0.1) is 0 Å². The molecule has 3 nitrogen and oxygen atoms in total. The number of esters is 1. The topological polar surface area (TPSA) is 50.1 Å². The van der Waals surface area contributed by atoms with E-state index >= 15 is 0 Å². The Kier molecular flexibility index (Phi) is 5.97. The van der Waals surface area contributed by atoms with Crippen molar-refractivity contribution in [2.24, 2.45) is 0 Å². The Morgan fingerprint density at radius 2 is 1.95 bits per heavy atom. The minimum atomic E-state index is -4.42. The fourth-order valence-corrected chi connectivity index (χ4v) is 1.46. The summed E-state index contributed by atoms with van der Waals surface area (Å²) in [6.07, 6.45) is -1.68. The molecule has 0 unspecified atom stereocenters. The van der Waals surface area contributed by atoms with E-state index in [1.165, 1.54) is 18.2 Å². The average Bonchev–Trinajstić information content (AvgIpc) is 2.44. The Morgan fingerprint density at radius 3 is 2.43 bits per heavy atom. The number of hydrogen-bond acceptors (Lipinski definition) is 3. The number of carbonyl (C=O) groups is 1. The summed E-state index contributed by atoms with van der Waals surface area (Å²) >= 11 is 0. The molecule has 0 saturated carbocycles. The third kappa shape index (κ3) is 5.30. The molecule has 1 rings (SSSR count). The van der Waals surface area contributed by atoms with E-state index in [1.54, 1.807) is 6.07 Å². The first-order valence-electron chi connectivity index (χ1n) is 6.34. The first kappa shape index (κ1) is 16.8. The quantitative estimate of drug-likeness (QED) is 0.358. The molecule has 0 aliphatic rings. The summed E-state index contributed by atoms with van der Waals surface area (Å²) in [6.45, 7) is 2.14. The Hall–Kier alpha value is -2.29. The molecule has 0 heterocycles. The van der Waals surface area contributed by atoms with Crippen molar-refractivity contribution < 1.29 is 22.7 Å². The van der Waals surface area contributed by atoms with Crippen molar-refractivity contribution in [2.75, 3.05) is 6.61 Å². The van der Waals surface area contributed by atoms with Crippen molar-refractivity contribution in [3.05, 3.63) is 41.0 Å². The number of benzene rings is 1. The summed E-state index contributed by atoms with van der Waals surface area (Å²) in [5.41, 5.74) is -0.707. The van der Waals surface area contributed by atoms with Gasteiger partial charge < -0.3 is 4.74 Å². The molecule has 0 aromatic heterocycles. The van der Waals surface area contributed by atoms with E-state index in [0.29, 0.717) is 12.0 Å². The van der Waals surface area contributed by atoms with Crippen LogP contribution in [0.4, 0.5) is 13.2 Å². The molecule has 1 aromatic rings. The Morgan fingerprint density at radius 1 is 1.33 bits per heavy atom. The maximum Gasteiger partial charge on any atom is 0.416 e. The molecule has 0 aliphatic heterocycles. The van der Waals surface area contributed by atoms with Crippen molar-refractivity contribution in [3.8, 4) is 6.07 Å². The van der Waals surface area contributed by atoms with Gasteiger partial charge >= 0.3 is 12.1 Å². The Bertz CT molecular complexity index is 554. The van der Waals surface area contributed by atoms with Crippen LogP contribution in [0.2, 0.25) is 0 Å². The number of unbranched alkanes of at least 4 members (excludes halogenated alkanes) is 1. The van der Waals surface area contributed by atoms with Crippen LogP contribution in [-0.2, 0) is 15.7 Å². The lowest BCUT2D eigenvalue weighted by molar-refractivity contribution is -0.139. The second-order valence-corrected chi connectivity index (χ2v) is 4.28. The second-order valence-electron chi connectivity index (χ2n) is 4.28. The van der Waals surface area contributed by atoms with Crippen LogP contribution >= 0.6 is 0 Å². The molecular weight excluding hydrogens is 283 g/mol. The monoisotopic (exact) mass is 297 g/mol. The number of carbonyl (C=O) groups excluding carboxylic acids is 1. The number of alkyl halides is 3. The smallest absolute Gasteiger partial charge is 0.416 e. The molecule has 0 fully saturated rings. The number of hydrogen-bond donors (Lipinski definition) is 0. The van der Waals surface area contributed by atoms with Gasteiger partial charge in [-0.1, -0.05) is 25.5 Å². The van der Waals surface area contributed by atoms with Crippen LogP contribution in [0.1, 0.15) is 30.9 Å². The van der Waals surface area contributed by atoms with E-state index in [1.807, 2.05) is 6.92 Å². The fraction of sp³-hybridized carbons (Fsp3) is 0.333. The summed E-state index contributed by atoms with van der Waals surface area (Å²) in [5, 5.41) is 8.90. The summed E-state index contributed by atoms with van der Waals surface area (Å²) in [5.74, 6) is -0.772. The molecule has 0 amide bonds. The SMILES string of the molecule is CCCCOC(=O)/C(C#N)=C\c1ccc(C(F)(F)F)cc1. The molecule has 0 spiro atoms. The molecule has 6 heteroatoms. The van der Waals surface area contributed by atoms with Gasteiger partial charge in [-0.05, 0) is 30.2 Å². The molecule has 0 atom stereocenters. The van der Waals surface area contributed by atoms with Crippen LogP contribution < -0.4 is 0 Å². The van der Waals surface area contributed by atoms with Crippen LogP contribution in [0.5, 0.6) is 0 Å². The highest BCUT2D eigenvalue weighted by Crippen LogP contribution is 2.29. The highest BCUT2D eigenvalue weighted by Gasteiger charge is 2.29. The van der Waals surface area contributed by atoms with Crippen molar-refractivity contribution in [1.82, 2.24) is 0 Å². The maximum atomic E-state index is 12.4. The minimum Gasteiger partial charge on any atom is -0.462 e. The van der Waals surface area contributed by atoms with Gasteiger partial charge in [0.1, 0.15) is 11.6 Å². The maximum absolute atomic E-state index is 12.4. The zero-order valence-electron chi connectivity index (χ0n) is 11.4. The van der Waals surface area contributed by atoms with E-state index in [-0.39, 0.29) is 12.2 Å². The summed E-state index contributed by atoms with van der Waals surface area (Å²) in [6, 6.07) is 5.86. The van der Waals surface area contributed by atoms with Crippen molar-refractivity contribution >= 4 is 12.0 Å². The molecule has 0 aliphatic carbocycles. The zero-order valence-corrected chi connectivity index (χ0v) is 11.4. The highest BCUT2D eigenvalue weighted by molar-refractivity contribution is 5.97. The lowest BCUT2D eigenvalue weighted by atomic mass is 10.1. The van der Waals surface area contributed by atoms with E-state index < -0.39 is 17.7 Å².